The summed E-state index contributed by atoms with van der Waals surface area (Å²) in [4.78, 5) is 18.6. The standard InChI is InChI=1S/C17H18N4O4S/c1-11-4-6-14(12(2)8-11)18-17(22)10-25-21-16-9-13(26(3,23)24)5-7-15(16)19-20-21/h4-9H,10H2,1-3H3,(H,18,22). The van der Waals surface area contributed by atoms with Gasteiger partial charge < -0.3 is 10.2 Å². The van der Waals surface area contributed by atoms with Gasteiger partial charge >= 0.3 is 0 Å². The first-order valence-corrected chi connectivity index (χ1v) is 9.69. The molecule has 26 heavy (non-hydrogen) atoms. The highest BCUT2D eigenvalue weighted by molar-refractivity contribution is 7.90. The first kappa shape index (κ1) is 17.9. The zero-order valence-electron chi connectivity index (χ0n) is 14.6. The minimum atomic E-state index is -3.37. The first-order valence-electron chi connectivity index (χ1n) is 7.80. The lowest BCUT2D eigenvalue weighted by Crippen LogP contribution is -2.26. The smallest absolute Gasteiger partial charge is 0.265 e. The Hall–Kier alpha value is -2.94. The molecule has 1 amide bonds. The SMILES string of the molecule is Cc1ccc(NC(=O)COn2nnc3ccc(S(C)(=O)=O)cc32)c(C)c1. The van der Waals surface area contributed by atoms with Crippen molar-refractivity contribution < 1.29 is 18.0 Å². The molecule has 1 heterocycles. The van der Waals surface area contributed by atoms with E-state index < -0.39 is 9.84 Å². The van der Waals surface area contributed by atoms with E-state index in [1.165, 1.54) is 18.2 Å². The molecular weight excluding hydrogens is 356 g/mol. The molecule has 136 valence electrons. The van der Waals surface area contributed by atoms with Gasteiger partial charge in [-0.1, -0.05) is 22.5 Å². The second-order valence-electron chi connectivity index (χ2n) is 6.03. The van der Waals surface area contributed by atoms with Crippen molar-refractivity contribution in [2.45, 2.75) is 18.7 Å². The number of anilines is 1. The maximum absolute atomic E-state index is 12.1. The molecule has 9 heteroatoms. The van der Waals surface area contributed by atoms with E-state index in [-0.39, 0.29) is 17.4 Å². The fourth-order valence-electron chi connectivity index (χ4n) is 2.46. The van der Waals surface area contributed by atoms with E-state index in [2.05, 4.69) is 15.6 Å². The van der Waals surface area contributed by atoms with E-state index in [1.807, 2.05) is 32.0 Å². The summed E-state index contributed by atoms with van der Waals surface area (Å²) in [7, 11) is -3.37. The van der Waals surface area contributed by atoms with Gasteiger partial charge in [0.25, 0.3) is 5.91 Å². The van der Waals surface area contributed by atoms with Crippen molar-refractivity contribution in [3.05, 3.63) is 47.5 Å². The lowest BCUT2D eigenvalue weighted by Gasteiger charge is -2.10. The van der Waals surface area contributed by atoms with Crippen LogP contribution >= 0.6 is 0 Å². The summed E-state index contributed by atoms with van der Waals surface area (Å²) in [6.45, 7) is 3.58. The molecule has 0 spiro atoms. The van der Waals surface area contributed by atoms with E-state index in [4.69, 9.17) is 4.84 Å². The molecule has 0 saturated carbocycles. The van der Waals surface area contributed by atoms with Crippen LogP contribution in [0.4, 0.5) is 5.69 Å². The molecule has 0 aliphatic rings. The van der Waals surface area contributed by atoms with Gasteiger partial charge in [0.2, 0.25) is 0 Å². The van der Waals surface area contributed by atoms with Crippen LogP contribution in [0, 0.1) is 13.8 Å². The van der Waals surface area contributed by atoms with Gasteiger partial charge in [-0.15, -0.1) is 5.10 Å². The van der Waals surface area contributed by atoms with Gasteiger partial charge in [-0.3, -0.25) is 4.79 Å². The third-order valence-electron chi connectivity index (χ3n) is 3.79. The molecular formula is C17H18N4O4S. The lowest BCUT2D eigenvalue weighted by atomic mass is 10.1. The van der Waals surface area contributed by atoms with Crippen molar-refractivity contribution in [1.82, 2.24) is 15.2 Å². The number of carbonyl (C=O) groups excluding carboxylic acids is 1. The number of aryl methyl sites for hydroxylation is 2. The Morgan fingerprint density at radius 1 is 1.19 bits per heavy atom. The fraction of sp³-hybridized carbons (Fsp3) is 0.235. The van der Waals surface area contributed by atoms with Crippen LogP contribution in [0.3, 0.4) is 0 Å². The largest absolute Gasteiger partial charge is 0.385 e. The average molecular weight is 374 g/mol. The van der Waals surface area contributed by atoms with E-state index >= 15 is 0 Å². The van der Waals surface area contributed by atoms with Crippen LogP contribution in [-0.2, 0) is 14.6 Å². The summed E-state index contributed by atoms with van der Waals surface area (Å²) < 4.78 is 23.4. The number of benzene rings is 2. The number of hydrogen-bond donors (Lipinski definition) is 1. The van der Waals surface area contributed by atoms with Crippen molar-refractivity contribution in [3.63, 3.8) is 0 Å². The minimum absolute atomic E-state index is 0.122. The number of carbonyl (C=O) groups is 1. The van der Waals surface area contributed by atoms with Gasteiger partial charge in [-0.2, -0.15) is 0 Å². The molecule has 0 atom stereocenters. The number of sulfone groups is 1. The Morgan fingerprint density at radius 2 is 1.96 bits per heavy atom. The maximum Gasteiger partial charge on any atom is 0.265 e. The fourth-order valence-corrected chi connectivity index (χ4v) is 3.10. The van der Waals surface area contributed by atoms with Gasteiger partial charge in [0, 0.05) is 11.9 Å². The summed E-state index contributed by atoms with van der Waals surface area (Å²) in [6, 6.07) is 10.1. The summed E-state index contributed by atoms with van der Waals surface area (Å²) in [6.07, 6.45) is 1.11. The predicted molar refractivity (Wildman–Crippen MR) is 96.6 cm³/mol. The number of fused-ring (bicyclic) bond motifs is 1. The van der Waals surface area contributed by atoms with Crippen molar-refractivity contribution >= 4 is 32.5 Å². The maximum atomic E-state index is 12.1. The second kappa shape index (κ2) is 6.75. The molecule has 0 aliphatic heterocycles. The first-order chi connectivity index (χ1) is 12.2. The summed E-state index contributed by atoms with van der Waals surface area (Å²) in [5.74, 6) is -0.361. The van der Waals surface area contributed by atoms with Crippen LogP contribution in [0.1, 0.15) is 11.1 Å². The highest BCUT2D eigenvalue weighted by Gasteiger charge is 2.13. The Balaban J connectivity index is 1.74. The summed E-state index contributed by atoms with van der Waals surface area (Å²) >= 11 is 0. The summed E-state index contributed by atoms with van der Waals surface area (Å²) in [5, 5.41) is 10.4. The quantitative estimate of drug-likeness (QED) is 0.726. The van der Waals surface area contributed by atoms with Crippen molar-refractivity contribution in [1.29, 1.82) is 0 Å². The average Bonchev–Trinajstić information content (AvgIpc) is 2.97. The third-order valence-corrected chi connectivity index (χ3v) is 4.90. The molecule has 0 aliphatic carbocycles. The highest BCUT2D eigenvalue weighted by atomic mass is 32.2. The molecule has 3 aromatic rings. The second-order valence-corrected chi connectivity index (χ2v) is 8.04. The molecule has 0 unspecified atom stereocenters. The lowest BCUT2D eigenvalue weighted by molar-refractivity contribution is -0.121. The third kappa shape index (κ3) is 3.83. The van der Waals surface area contributed by atoms with Crippen LogP contribution in [0.25, 0.3) is 11.0 Å². The van der Waals surface area contributed by atoms with Gasteiger partial charge in [-0.25, -0.2) is 8.42 Å². The molecule has 0 radical (unpaired) electrons. The van der Waals surface area contributed by atoms with Crippen LogP contribution in [0.5, 0.6) is 0 Å². The minimum Gasteiger partial charge on any atom is -0.385 e. The van der Waals surface area contributed by atoms with Crippen molar-refractivity contribution in [2.24, 2.45) is 0 Å². The number of aromatic nitrogens is 3. The Labute approximate surface area is 150 Å². The Morgan fingerprint density at radius 3 is 2.65 bits per heavy atom. The topological polar surface area (TPSA) is 103 Å². The van der Waals surface area contributed by atoms with Gasteiger partial charge in [0.05, 0.1) is 4.90 Å². The molecule has 3 rings (SSSR count). The number of hydrogen-bond acceptors (Lipinski definition) is 6. The zero-order chi connectivity index (χ0) is 18.9. The monoisotopic (exact) mass is 374 g/mol. The van der Waals surface area contributed by atoms with Crippen molar-refractivity contribution in [3.8, 4) is 0 Å². The van der Waals surface area contributed by atoms with E-state index in [0.717, 1.165) is 22.2 Å². The Bertz CT molecular complexity index is 1090. The number of rotatable bonds is 5. The van der Waals surface area contributed by atoms with Crippen LogP contribution in [-0.4, -0.2) is 42.3 Å². The highest BCUT2D eigenvalue weighted by Crippen LogP contribution is 2.17. The van der Waals surface area contributed by atoms with E-state index in [1.54, 1.807) is 0 Å². The van der Waals surface area contributed by atoms with Gasteiger partial charge in [0.1, 0.15) is 11.0 Å². The number of nitrogens with zero attached hydrogens (tertiary/aromatic N) is 3. The Kier molecular flexibility index (Phi) is 4.64. The molecule has 0 saturated heterocycles. The van der Waals surface area contributed by atoms with Crippen LogP contribution < -0.4 is 10.2 Å². The molecule has 0 bridgehead atoms. The number of nitrogens with one attached hydrogen (secondary N) is 1. The molecule has 2 aromatic carbocycles. The van der Waals surface area contributed by atoms with Crippen molar-refractivity contribution in [2.75, 3.05) is 18.2 Å². The molecule has 1 N–H and O–H groups in total. The van der Waals surface area contributed by atoms with E-state index in [9.17, 15) is 13.2 Å². The van der Waals surface area contributed by atoms with Gasteiger partial charge in [0.15, 0.2) is 16.4 Å². The normalized spacial score (nSPS) is 11.5. The van der Waals surface area contributed by atoms with Crippen LogP contribution in [0.2, 0.25) is 0 Å². The zero-order valence-corrected chi connectivity index (χ0v) is 15.4. The molecule has 1 aromatic heterocycles. The summed E-state index contributed by atoms with van der Waals surface area (Å²) in [5.41, 5.74) is 3.58. The number of amides is 1. The van der Waals surface area contributed by atoms with E-state index in [0.29, 0.717) is 16.7 Å². The van der Waals surface area contributed by atoms with Crippen LogP contribution in [0.15, 0.2) is 41.3 Å². The molecule has 8 nitrogen and oxygen atoms in total. The van der Waals surface area contributed by atoms with Gasteiger partial charge in [-0.05, 0) is 48.9 Å². The molecule has 0 fully saturated rings. The predicted octanol–water partition coefficient (Wildman–Crippen LogP) is 1.52.